The molecule has 0 aliphatic carbocycles. The summed E-state index contributed by atoms with van der Waals surface area (Å²) < 4.78 is 2.34. The van der Waals surface area contributed by atoms with Gasteiger partial charge < -0.3 is 9.47 Å². The quantitative estimate of drug-likeness (QED) is 0.449. The van der Waals surface area contributed by atoms with E-state index in [1.165, 1.54) is 27.6 Å². The Labute approximate surface area is 183 Å². The number of hydrogen-bond acceptors (Lipinski definition) is 2. The molecule has 1 aliphatic rings. The molecule has 1 saturated heterocycles. The number of aryl methyl sites for hydroxylation is 1. The summed E-state index contributed by atoms with van der Waals surface area (Å²) in [5, 5.41) is 1.27. The number of aromatic nitrogens is 2. The molecule has 156 valence electrons. The van der Waals surface area contributed by atoms with Crippen LogP contribution < -0.4 is 0 Å². The molecule has 3 heterocycles. The molecule has 5 rings (SSSR count). The lowest BCUT2D eigenvalue weighted by Crippen LogP contribution is -2.37. The molecule has 2 aromatic carbocycles. The Kier molecular flexibility index (Phi) is 5.29. The summed E-state index contributed by atoms with van der Waals surface area (Å²) in [7, 11) is 0. The molecule has 4 heteroatoms. The van der Waals surface area contributed by atoms with Gasteiger partial charge in [0.15, 0.2) is 0 Å². The SMILES string of the molecule is Cc1ccc(Cn2cc(C3CCN(Cc4ccncc4)C(=O)C3)c3ccccc32)cc1. The number of likely N-dealkylation sites (tertiary alicyclic amines) is 1. The summed E-state index contributed by atoms with van der Waals surface area (Å²) in [6, 6.07) is 21.3. The molecule has 4 nitrogen and oxygen atoms in total. The minimum Gasteiger partial charge on any atom is -0.343 e. The van der Waals surface area contributed by atoms with Crippen LogP contribution in [0.3, 0.4) is 0 Å². The molecule has 1 atom stereocenters. The highest BCUT2D eigenvalue weighted by molar-refractivity contribution is 5.86. The molecule has 0 N–H and O–H groups in total. The monoisotopic (exact) mass is 409 g/mol. The number of rotatable bonds is 5. The van der Waals surface area contributed by atoms with Crippen LogP contribution in [0.5, 0.6) is 0 Å². The Hall–Kier alpha value is -3.40. The smallest absolute Gasteiger partial charge is 0.223 e. The molecule has 0 spiro atoms. The van der Waals surface area contributed by atoms with Crippen LogP contribution in [-0.2, 0) is 17.9 Å². The van der Waals surface area contributed by atoms with E-state index in [2.05, 4.69) is 71.2 Å². The summed E-state index contributed by atoms with van der Waals surface area (Å²) in [5.74, 6) is 0.508. The zero-order chi connectivity index (χ0) is 21.2. The van der Waals surface area contributed by atoms with Crippen molar-refractivity contribution in [3.8, 4) is 0 Å². The third-order valence-corrected chi connectivity index (χ3v) is 6.38. The second-order valence-corrected chi connectivity index (χ2v) is 8.58. The Morgan fingerprint density at radius 2 is 1.68 bits per heavy atom. The van der Waals surface area contributed by atoms with Crippen LogP contribution in [0.2, 0.25) is 0 Å². The van der Waals surface area contributed by atoms with Crippen molar-refractivity contribution < 1.29 is 4.79 Å². The number of pyridine rings is 1. The predicted molar refractivity (Wildman–Crippen MR) is 124 cm³/mol. The molecule has 4 aromatic rings. The maximum Gasteiger partial charge on any atom is 0.223 e. The van der Waals surface area contributed by atoms with Crippen molar-refractivity contribution in [3.05, 3.63) is 102 Å². The fraction of sp³-hybridized carbons (Fsp3) is 0.259. The summed E-state index contributed by atoms with van der Waals surface area (Å²) in [5.41, 5.74) is 6.25. The third kappa shape index (κ3) is 4.11. The second-order valence-electron chi connectivity index (χ2n) is 8.58. The first kappa shape index (κ1) is 19.6. The van der Waals surface area contributed by atoms with Crippen molar-refractivity contribution in [1.82, 2.24) is 14.5 Å². The number of fused-ring (bicyclic) bond motifs is 1. The molecular formula is C27H27N3O. The van der Waals surface area contributed by atoms with Gasteiger partial charge in [-0.25, -0.2) is 0 Å². The average Bonchev–Trinajstić information content (AvgIpc) is 3.16. The molecule has 2 aromatic heterocycles. The minimum absolute atomic E-state index is 0.239. The molecule has 31 heavy (non-hydrogen) atoms. The molecule has 1 fully saturated rings. The zero-order valence-corrected chi connectivity index (χ0v) is 17.9. The molecule has 0 saturated carbocycles. The first-order valence-corrected chi connectivity index (χ1v) is 11.0. The standard InChI is InChI=1S/C27H27N3O/c1-20-6-8-21(9-7-20)18-30-19-25(24-4-2-3-5-26(24)30)23-12-15-29(27(31)16-23)17-22-10-13-28-14-11-22/h2-11,13-14,19,23H,12,15-18H2,1H3. The molecule has 0 radical (unpaired) electrons. The Morgan fingerprint density at radius 1 is 0.935 bits per heavy atom. The fourth-order valence-electron chi connectivity index (χ4n) is 4.64. The van der Waals surface area contributed by atoms with Gasteiger partial charge in [-0.2, -0.15) is 0 Å². The molecule has 1 aliphatic heterocycles. The van der Waals surface area contributed by atoms with Crippen LogP contribution in [0.15, 0.2) is 79.3 Å². The highest BCUT2D eigenvalue weighted by atomic mass is 16.2. The highest BCUT2D eigenvalue weighted by Crippen LogP contribution is 2.35. The highest BCUT2D eigenvalue weighted by Gasteiger charge is 2.29. The van der Waals surface area contributed by atoms with Gasteiger partial charge in [0.05, 0.1) is 0 Å². The lowest BCUT2D eigenvalue weighted by molar-refractivity contribution is -0.134. The van der Waals surface area contributed by atoms with Crippen molar-refractivity contribution in [3.63, 3.8) is 0 Å². The van der Waals surface area contributed by atoms with Gasteiger partial charge in [-0.3, -0.25) is 9.78 Å². The number of carbonyl (C=O) groups excluding carboxylic acids is 1. The Morgan fingerprint density at radius 3 is 2.45 bits per heavy atom. The van der Waals surface area contributed by atoms with E-state index in [0.717, 1.165) is 25.1 Å². The third-order valence-electron chi connectivity index (χ3n) is 6.38. The lowest BCUT2D eigenvalue weighted by atomic mass is 9.88. The van der Waals surface area contributed by atoms with E-state index >= 15 is 0 Å². The topological polar surface area (TPSA) is 38.1 Å². The van der Waals surface area contributed by atoms with Gasteiger partial charge in [0.1, 0.15) is 0 Å². The van der Waals surface area contributed by atoms with Gasteiger partial charge in [-0.15, -0.1) is 0 Å². The van der Waals surface area contributed by atoms with E-state index in [1.54, 1.807) is 12.4 Å². The van der Waals surface area contributed by atoms with Gasteiger partial charge in [-0.1, -0.05) is 48.0 Å². The van der Waals surface area contributed by atoms with E-state index in [9.17, 15) is 4.79 Å². The zero-order valence-electron chi connectivity index (χ0n) is 17.9. The van der Waals surface area contributed by atoms with Crippen molar-refractivity contribution in [1.29, 1.82) is 0 Å². The van der Waals surface area contributed by atoms with Gasteiger partial charge in [-0.05, 0) is 54.2 Å². The molecule has 0 bridgehead atoms. The largest absolute Gasteiger partial charge is 0.343 e. The Balaban J connectivity index is 1.38. The number of piperidine rings is 1. The summed E-state index contributed by atoms with van der Waals surface area (Å²) in [6.45, 7) is 4.42. The van der Waals surface area contributed by atoms with Crippen LogP contribution in [-0.4, -0.2) is 26.9 Å². The van der Waals surface area contributed by atoms with Crippen LogP contribution in [0, 0.1) is 6.92 Å². The fourth-order valence-corrected chi connectivity index (χ4v) is 4.64. The first-order chi connectivity index (χ1) is 15.2. The van der Waals surface area contributed by atoms with Crippen LogP contribution in [0.1, 0.15) is 41.0 Å². The number of hydrogen-bond donors (Lipinski definition) is 0. The maximum absolute atomic E-state index is 13.0. The number of amides is 1. The van der Waals surface area contributed by atoms with Crippen LogP contribution in [0.4, 0.5) is 0 Å². The van der Waals surface area contributed by atoms with Gasteiger partial charge in [0.2, 0.25) is 5.91 Å². The van der Waals surface area contributed by atoms with E-state index < -0.39 is 0 Å². The van der Waals surface area contributed by atoms with E-state index in [-0.39, 0.29) is 11.8 Å². The predicted octanol–water partition coefficient (Wildman–Crippen LogP) is 5.30. The number of carbonyl (C=O) groups is 1. The summed E-state index contributed by atoms with van der Waals surface area (Å²) in [6.07, 6.45) is 7.42. The average molecular weight is 410 g/mol. The van der Waals surface area contributed by atoms with E-state index in [1.807, 2.05) is 17.0 Å². The lowest BCUT2D eigenvalue weighted by Gasteiger charge is -2.31. The Bertz CT molecular complexity index is 1190. The molecule has 1 unspecified atom stereocenters. The second kappa shape index (κ2) is 8.38. The van der Waals surface area contributed by atoms with Gasteiger partial charge in [0, 0.05) is 55.5 Å². The van der Waals surface area contributed by atoms with E-state index in [0.29, 0.717) is 13.0 Å². The number of nitrogens with zero attached hydrogens (tertiary/aromatic N) is 3. The first-order valence-electron chi connectivity index (χ1n) is 11.0. The molecular weight excluding hydrogens is 382 g/mol. The van der Waals surface area contributed by atoms with Crippen molar-refractivity contribution >= 4 is 16.8 Å². The maximum atomic E-state index is 13.0. The van der Waals surface area contributed by atoms with Crippen molar-refractivity contribution in [2.75, 3.05) is 6.54 Å². The molecule has 1 amide bonds. The van der Waals surface area contributed by atoms with Crippen LogP contribution in [0.25, 0.3) is 10.9 Å². The van der Waals surface area contributed by atoms with Gasteiger partial charge >= 0.3 is 0 Å². The summed E-state index contributed by atoms with van der Waals surface area (Å²) in [4.78, 5) is 19.0. The minimum atomic E-state index is 0.239. The van der Waals surface area contributed by atoms with E-state index in [4.69, 9.17) is 0 Å². The summed E-state index contributed by atoms with van der Waals surface area (Å²) >= 11 is 0. The van der Waals surface area contributed by atoms with Gasteiger partial charge in [0.25, 0.3) is 0 Å². The normalized spacial score (nSPS) is 16.7. The van der Waals surface area contributed by atoms with Crippen LogP contribution >= 0.6 is 0 Å². The van der Waals surface area contributed by atoms with Crippen molar-refractivity contribution in [2.24, 2.45) is 0 Å². The number of para-hydroxylation sites is 1. The number of benzene rings is 2. The van der Waals surface area contributed by atoms with Crippen molar-refractivity contribution in [2.45, 2.75) is 38.8 Å².